The monoisotopic (exact) mass is 448 g/mol. The lowest BCUT2D eigenvalue weighted by Crippen LogP contribution is -2.26. The number of rotatable bonds is 0. The lowest BCUT2D eigenvalue weighted by molar-refractivity contribution is 0.226. The van der Waals surface area contributed by atoms with E-state index in [0.29, 0.717) is 22.5 Å². The van der Waals surface area contributed by atoms with Gasteiger partial charge in [0.1, 0.15) is 29.4 Å². The summed E-state index contributed by atoms with van der Waals surface area (Å²) < 4.78 is 24.2. The average molecular weight is 448 g/mol. The molecule has 1 aromatic carbocycles. The van der Waals surface area contributed by atoms with Crippen LogP contribution in [0.5, 0.6) is 5.75 Å². The summed E-state index contributed by atoms with van der Waals surface area (Å²) in [6.45, 7) is 1.59. The number of fused-ring (bicyclic) bond motifs is 7. The van der Waals surface area contributed by atoms with Crippen molar-refractivity contribution in [3.63, 3.8) is 0 Å². The Morgan fingerprint density at radius 2 is 2.06 bits per heavy atom. The van der Waals surface area contributed by atoms with Gasteiger partial charge in [-0.2, -0.15) is 15.3 Å². The molecular formula is C20H17FN10O2. The molecule has 33 heavy (non-hydrogen) atoms. The fourth-order valence-corrected chi connectivity index (χ4v) is 3.93. The van der Waals surface area contributed by atoms with Crippen LogP contribution in [0.3, 0.4) is 0 Å². The van der Waals surface area contributed by atoms with Crippen LogP contribution in [0.15, 0.2) is 29.1 Å². The highest BCUT2D eigenvalue weighted by Gasteiger charge is 2.27. The SMILES string of the molecule is C[C@H]1Oc2cc(nnc2N)-c2c(nn(C)c2C#N)Cn2c(=O)nc(N)n2-c2ccc(F)cc21. The van der Waals surface area contributed by atoms with Gasteiger partial charge >= 0.3 is 5.69 Å². The number of anilines is 2. The Morgan fingerprint density at radius 1 is 1.27 bits per heavy atom. The van der Waals surface area contributed by atoms with Gasteiger partial charge in [0.25, 0.3) is 0 Å². The maximum atomic E-state index is 14.2. The molecule has 0 saturated carbocycles. The lowest BCUT2D eigenvalue weighted by atomic mass is 10.1. The number of aromatic nitrogens is 7. The Labute approximate surface area is 185 Å². The van der Waals surface area contributed by atoms with Crippen molar-refractivity contribution in [2.45, 2.75) is 19.6 Å². The Bertz CT molecular complexity index is 1530. The number of nitrogens with zero attached hydrogens (tertiary/aromatic N) is 8. The summed E-state index contributed by atoms with van der Waals surface area (Å²) in [7, 11) is 1.60. The molecule has 1 atom stereocenters. The molecule has 2 bridgehead atoms. The number of aryl methyl sites for hydroxylation is 1. The van der Waals surface area contributed by atoms with Gasteiger partial charge in [-0.05, 0) is 25.1 Å². The third kappa shape index (κ3) is 3.07. The van der Waals surface area contributed by atoms with Crippen molar-refractivity contribution >= 4 is 11.8 Å². The summed E-state index contributed by atoms with van der Waals surface area (Å²) >= 11 is 0. The minimum Gasteiger partial charge on any atom is -0.482 e. The van der Waals surface area contributed by atoms with Crippen molar-refractivity contribution in [2.24, 2.45) is 7.05 Å². The van der Waals surface area contributed by atoms with Crippen LogP contribution in [0, 0.1) is 17.1 Å². The molecule has 0 amide bonds. The summed E-state index contributed by atoms with van der Waals surface area (Å²) in [5.41, 5.74) is 13.4. The molecule has 0 saturated heterocycles. The van der Waals surface area contributed by atoms with Crippen LogP contribution in [0.1, 0.15) is 30.0 Å². The van der Waals surface area contributed by atoms with Crippen LogP contribution in [0.4, 0.5) is 16.2 Å². The number of nitrogens with two attached hydrogens (primary N) is 2. The van der Waals surface area contributed by atoms with Crippen LogP contribution in [-0.4, -0.2) is 34.3 Å². The van der Waals surface area contributed by atoms with Crippen molar-refractivity contribution in [3.8, 4) is 28.8 Å². The minimum atomic E-state index is -0.733. The largest absolute Gasteiger partial charge is 0.482 e. The predicted octanol–water partition coefficient (Wildman–Crippen LogP) is 0.901. The number of hydrogen-bond donors (Lipinski definition) is 2. The lowest BCUT2D eigenvalue weighted by Gasteiger charge is -2.22. The van der Waals surface area contributed by atoms with E-state index < -0.39 is 17.6 Å². The van der Waals surface area contributed by atoms with Crippen LogP contribution >= 0.6 is 0 Å². The number of ether oxygens (including phenoxy) is 1. The molecule has 13 heteroatoms. The Morgan fingerprint density at radius 3 is 2.82 bits per heavy atom. The molecule has 0 spiro atoms. The van der Waals surface area contributed by atoms with Crippen molar-refractivity contribution in [1.82, 2.24) is 34.3 Å². The molecule has 0 aliphatic carbocycles. The van der Waals surface area contributed by atoms with E-state index in [-0.39, 0.29) is 35.4 Å². The molecule has 1 aliphatic heterocycles. The molecule has 3 aromatic heterocycles. The van der Waals surface area contributed by atoms with Gasteiger partial charge in [-0.1, -0.05) is 0 Å². The molecule has 4 N–H and O–H groups in total. The predicted molar refractivity (Wildman–Crippen MR) is 114 cm³/mol. The van der Waals surface area contributed by atoms with Crippen molar-refractivity contribution in [1.29, 1.82) is 5.26 Å². The highest BCUT2D eigenvalue weighted by Crippen LogP contribution is 2.35. The van der Waals surface area contributed by atoms with Gasteiger partial charge in [0.2, 0.25) is 5.95 Å². The maximum absolute atomic E-state index is 14.2. The third-order valence-corrected chi connectivity index (χ3v) is 5.42. The first-order valence-corrected chi connectivity index (χ1v) is 9.79. The molecular weight excluding hydrogens is 431 g/mol. The van der Waals surface area contributed by atoms with E-state index in [1.165, 1.54) is 38.3 Å². The van der Waals surface area contributed by atoms with E-state index in [2.05, 4.69) is 26.3 Å². The van der Waals surface area contributed by atoms with E-state index >= 15 is 0 Å². The zero-order valence-corrected chi connectivity index (χ0v) is 17.5. The first-order valence-electron chi connectivity index (χ1n) is 9.79. The van der Waals surface area contributed by atoms with E-state index in [0.717, 1.165) is 0 Å². The molecule has 12 nitrogen and oxygen atoms in total. The number of nitriles is 1. The molecule has 4 aromatic rings. The van der Waals surface area contributed by atoms with E-state index in [1.54, 1.807) is 14.0 Å². The van der Waals surface area contributed by atoms with Crippen LogP contribution in [0.2, 0.25) is 0 Å². The third-order valence-electron chi connectivity index (χ3n) is 5.42. The van der Waals surface area contributed by atoms with E-state index in [4.69, 9.17) is 16.2 Å². The summed E-state index contributed by atoms with van der Waals surface area (Å²) in [6, 6.07) is 7.64. The summed E-state index contributed by atoms with van der Waals surface area (Å²) in [4.78, 5) is 16.6. The van der Waals surface area contributed by atoms with Crippen LogP contribution in [-0.2, 0) is 13.6 Å². The topological polar surface area (TPSA) is 168 Å². The zero-order chi connectivity index (χ0) is 23.4. The minimum absolute atomic E-state index is 0.0172. The van der Waals surface area contributed by atoms with Crippen molar-refractivity contribution < 1.29 is 9.13 Å². The Balaban J connectivity index is 1.89. The standard InChI is InChI=1S/C20H17FN10O2/c1-9-11-5-10(21)3-4-14(11)31-19(24)25-20(32)30(31)8-13-17(15(7-22)29(2)28-13)12-6-16(33-9)18(23)27-26-12/h3-6,9H,8H2,1-2H3,(H2,23,27)(H2,24,25,32)/t9-/m1/s1. The summed E-state index contributed by atoms with van der Waals surface area (Å²) in [5, 5.41) is 22.2. The highest BCUT2D eigenvalue weighted by atomic mass is 19.1. The Kier molecular flexibility index (Phi) is 4.38. The van der Waals surface area contributed by atoms with Gasteiger partial charge in [-0.3, -0.25) is 4.68 Å². The van der Waals surface area contributed by atoms with Crippen LogP contribution in [0.25, 0.3) is 16.9 Å². The number of halogens is 1. The first-order chi connectivity index (χ1) is 15.8. The summed E-state index contributed by atoms with van der Waals surface area (Å²) in [5.74, 6) is -0.398. The van der Waals surface area contributed by atoms with E-state index in [9.17, 15) is 14.4 Å². The average Bonchev–Trinajstić information content (AvgIpc) is 3.23. The fraction of sp³-hybridized carbons (Fsp3) is 0.200. The zero-order valence-electron chi connectivity index (χ0n) is 17.5. The highest BCUT2D eigenvalue weighted by molar-refractivity contribution is 5.70. The van der Waals surface area contributed by atoms with Gasteiger partial charge in [0.15, 0.2) is 11.6 Å². The first kappa shape index (κ1) is 20.2. The van der Waals surface area contributed by atoms with Gasteiger partial charge in [-0.25, -0.2) is 18.5 Å². The Hall–Kier alpha value is -4.73. The number of benzene rings is 1. The van der Waals surface area contributed by atoms with Gasteiger partial charge in [0.05, 0.1) is 23.5 Å². The molecule has 0 radical (unpaired) electrons. The van der Waals surface area contributed by atoms with Crippen LogP contribution < -0.4 is 21.9 Å². The second kappa shape index (κ2) is 7.16. The molecule has 0 fully saturated rings. The van der Waals surface area contributed by atoms with Gasteiger partial charge in [-0.15, -0.1) is 10.2 Å². The smallest absolute Gasteiger partial charge is 0.366 e. The molecule has 0 unspecified atom stereocenters. The second-order valence-electron chi connectivity index (χ2n) is 7.47. The summed E-state index contributed by atoms with van der Waals surface area (Å²) in [6.07, 6.45) is -0.733. The number of hydrogen-bond acceptors (Lipinski definition) is 9. The van der Waals surface area contributed by atoms with Crippen molar-refractivity contribution in [2.75, 3.05) is 11.5 Å². The molecule has 1 aliphatic rings. The second-order valence-corrected chi connectivity index (χ2v) is 7.47. The van der Waals surface area contributed by atoms with Gasteiger partial charge < -0.3 is 16.2 Å². The molecule has 166 valence electrons. The van der Waals surface area contributed by atoms with E-state index in [1.807, 2.05) is 0 Å². The number of nitrogen functional groups attached to an aromatic ring is 2. The normalized spacial score (nSPS) is 14.7. The molecule has 4 heterocycles. The van der Waals surface area contributed by atoms with Gasteiger partial charge in [0, 0.05) is 18.7 Å². The molecule has 5 rings (SSSR count). The quantitative estimate of drug-likeness (QED) is 0.397. The van der Waals surface area contributed by atoms with Crippen molar-refractivity contribution in [3.05, 3.63) is 57.5 Å². The maximum Gasteiger partial charge on any atom is 0.366 e. The fourth-order valence-electron chi connectivity index (χ4n) is 3.93.